The molecule has 2 aromatic heterocycles. The molecule has 0 bridgehead atoms. The zero-order valence-corrected chi connectivity index (χ0v) is 21.6. The third-order valence-corrected chi connectivity index (χ3v) is 9.16. The Hall–Kier alpha value is -1.23. The van der Waals surface area contributed by atoms with E-state index in [1.165, 1.54) is 38.8 Å². The molecule has 0 radical (unpaired) electrons. The van der Waals surface area contributed by atoms with Crippen molar-refractivity contribution in [3.05, 3.63) is 24.2 Å². The molecule has 0 aliphatic carbocycles. The third-order valence-electron chi connectivity index (χ3n) is 8.46. The first-order chi connectivity index (χ1) is 16.4. The van der Waals surface area contributed by atoms with Gasteiger partial charge in [-0.3, -0.25) is 4.90 Å². The lowest BCUT2D eigenvalue weighted by atomic mass is 9.84. The summed E-state index contributed by atoms with van der Waals surface area (Å²) in [7, 11) is 0. The van der Waals surface area contributed by atoms with Crippen LogP contribution in [0.5, 0.6) is 0 Å². The minimum atomic E-state index is -0.614. The van der Waals surface area contributed by atoms with E-state index in [2.05, 4.69) is 38.9 Å². The molecule has 4 aliphatic rings. The van der Waals surface area contributed by atoms with Crippen molar-refractivity contribution in [3.8, 4) is 0 Å². The number of hydrogen-bond acceptors (Lipinski definition) is 8. The van der Waals surface area contributed by atoms with Gasteiger partial charge in [-0.25, -0.2) is 9.50 Å². The number of aromatic nitrogens is 3. The molecule has 6 rings (SSSR count). The zero-order valence-electron chi connectivity index (χ0n) is 20.8. The van der Waals surface area contributed by atoms with Gasteiger partial charge in [-0.2, -0.15) is 5.10 Å². The van der Waals surface area contributed by atoms with E-state index in [4.69, 9.17) is 14.2 Å². The first-order valence-corrected chi connectivity index (χ1v) is 14.0. The fraction of sp³-hybridized carbons (Fsp3) is 0.760. The van der Waals surface area contributed by atoms with Crippen LogP contribution in [-0.4, -0.2) is 93.0 Å². The maximum atomic E-state index is 6.80. The summed E-state index contributed by atoms with van der Waals surface area (Å²) in [6.45, 7) is 11.9. The van der Waals surface area contributed by atoms with Crippen LogP contribution < -0.4 is 0 Å². The molecule has 9 heteroatoms. The molecule has 0 saturated carbocycles. The number of thioether (sulfide) groups is 1. The van der Waals surface area contributed by atoms with Crippen LogP contribution in [0.1, 0.15) is 58.3 Å². The van der Waals surface area contributed by atoms with Gasteiger partial charge in [-0.1, -0.05) is 6.92 Å². The van der Waals surface area contributed by atoms with Gasteiger partial charge in [0.15, 0.2) is 5.79 Å². The van der Waals surface area contributed by atoms with E-state index in [0.717, 1.165) is 35.9 Å². The summed E-state index contributed by atoms with van der Waals surface area (Å²) in [5.74, 6) is -0.614. The topological polar surface area (TPSA) is 64.4 Å². The van der Waals surface area contributed by atoms with Crippen LogP contribution in [-0.2, 0) is 14.2 Å². The van der Waals surface area contributed by atoms with Crippen molar-refractivity contribution >= 4 is 17.3 Å². The number of hydrogen-bond donors (Lipinski definition) is 0. The van der Waals surface area contributed by atoms with E-state index in [9.17, 15) is 0 Å². The molecule has 4 aliphatic heterocycles. The van der Waals surface area contributed by atoms with Gasteiger partial charge in [-0.15, -0.1) is 11.8 Å². The summed E-state index contributed by atoms with van der Waals surface area (Å²) in [5.41, 5.74) is 2.34. The summed E-state index contributed by atoms with van der Waals surface area (Å²) >= 11 is 1.63. The quantitative estimate of drug-likeness (QED) is 0.595. The maximum Gasteiger partial charge on any atom is 0.164 e. The SMILES string of the molecule is CCN1CCC2(CCCN2C[C@H]2O[C@@H](c3ccc4c(SC)ncnn34)[C@@H]3OC(C)(C)O[C@@H]32)CC1. The molecule has 186 valence electrons. The average molecular weight is 488 g/mol. The minimum Gasteiger partial charge on any atom is -0.362 e. The highest BCUT2D eigenvalue weighted by Crippen LogP contribution is 2.47. The van der Waals surface area contributed by atoms with Crippen molar-refractivity contribution < 1.29 is 14.2 Å². The monoisotopic (exact) mass is 487 g/mol. The maximum absolute atomic E-state index is 6.80. The van der Waals surface area contributed by atoms with E-state index in [0.29, 0.717) is 5.54 Å². The molecular formula is C25H37N5O3S. The van der Waals surface area contributed by atoms with Crippen molar-refractivity contribution in [3.63, 3.8) is 0 Å². The largest absolute Gasteiger partial charge is 0.362 e. The Labute approximate surface area is 206 Å². The van der Waals surface area contributed by atoms with Crippen molar-refractivity contribution in [2.75, 3.05) is 39.0 Å². The molecule has 6 heterocycles. The van der Waals surface area contributed by atoms with E-state index in [-0.39, 0.29) is 24.4 Å². The normalized spacial score (nSPS) is 33.3. The summed E-state index contributed by atoms with van der Waals surface area (Å²) in [4.78, 5) is 9.73. The van der Waals surface area contributed by atoms with Crippen LogP contribution in [0, 0.1) is 0 Å². The number of nitrogens with zero attached hydrogens (tertiary/aromatic N) is 5. The lowest BCUT2D eigenvalue weighted by Gasteiger charge is -2.46. The van der Waals surface area contributed by atoms with Crippen molar-refractivity contribution in [2.45, 2.75) is 87.2 Å². The summed E-state index contributed by atoms with van der Waals surface area (Å²) < 4.78 is 21.7. The third kappa shape index (κ3) is 3.79. The van der Waals surface area contributed by atoms with Crippen LogP contribution in [0.15, 0.2) is 23.5 Å². The molecule has 0 unspecified atom stereocenters. The van der Waals surface area contributed by atoms with Gasteiger partial charge in [0.25, 0.3) is 0 Å². The molecule has 2 aromatic rings. The van der Waals surface area contributed by atoms with Crippen molar-refractivity contribution in [2.24, 2.45) is 0 Å². The van der Waals surface area contributed by atoms with Crippen LogP contribution in [0.3, 0.4) is 0 Å². The molecule has 0 amide bonds. The lowest BCUT2D eigenvalue weighted by Crippen LogP contribution is -2.54. The Kier molecular flexibility index (Phi) is 5.94. The fourth-order valence-corrected chi connectivity index (χ4v) is 7.24. The molecule has 1 spiro atoms. The molecule has 4 saturated heterocycles. The molecule has 4 fully saturated rings. The van der Waals surface area contributed by atoms with E-state index < -0.39 is 5.79 Å². The predicted molar refractivity (Wildman–Crippen MR) is 131 cm³/mol. The fourth-order valence-electron chi connectivity index (χ4n) is 6.72. The number of likely N-dealkylation sites (tertiary alicyclic amines) is 2. The van der Waals surface area contributed by atoms with Crippen LogP contribution in [0.25, 0.3) is 5.52 Å². The number of fused-ring (bicyclic) bond motifs is 2. The second kappa shape index (κ2) is 8.71. The predicted octanol–water partition coefficient (Wildman–Crippen LogP) is 3.36. The summed E-state index contributed by atoms with van der Waals surface area (Å²) in [6, 6.07) is 4.20. The Morgan fingerprint density at radius 3 is 2.65 bits per heavy atom. The van der Waals surface area contributed by atoms with Gasteiger partial charge in [0.2, 0.25) is 0 Å². The van der Waals surface area contributed by atoms with Crippen molar-refractivity contribution in [1.29, 1.82) is 0 Å². The van der Waals surface area contributed by atoms with Gasteiger partial charge < -0.3 is 19.1 Å². The van der Waals surface area contributed by atoms with E-state index >= 15 is 0 Å². The number of piperidine rings is 1. The number of rotatable bonds is 5. The second-order valence-corrected chi connectivity index (χ2v) is 11.5. The molecule has 8 nitrogen and oxygen atoms in total. The van der Waals surface area contributed by atoms with Crippen LogP contribution in [0.2, 0.25) is 0 Å². The minimum absolute atomic E-state index is 0.0247. The Morgan fingerprint density at radius 2 is 1.88 bits per heavy atom. The lowest BCUT2D eigenvalue weighted by molar-refractivity contribution is -0.191. The standard InChI is InChI=1S/C25H37N5O3S/c1-5-28-13-10-25(11-14-28)9-6-12-29(25)15-19-21-22(33-24(2,3)32-21)20(31-19)17-7-8-18-23(34-4)26-16-27-30(17)18/h7-8,16,19-22H,5-6,9-15H2,1-4H3/t19-,20+,21-,22+/m1/s1. The van der Waals surface area contributed by atoms with Gasteiger partial charge >= 0.3 is 0 Å². The highest BCUT2D eigenvalue weighted by Gasteiger charge is 2.57. The molecular weight excluding hydrogens is 450 g/mol. The van der Waals surface area contributed by atoms with Gasteiger partial charge in [0.05, 0.1) is 11.2 Å². The second-order valence-electron chi connectivity index (χ2n) is 10.7. The Balaban J connectivity index is 1.27. The molecule has 4 atom stereocenters. The average Bonchev–Trinajstić information content (AvgIpc) is 3.58. The number of ether oxygens (including phenoxy) is 3. The van der Waals surface area contributed by atoms with Gasteiger partial charge in [0, 0.05) is 12.1 Å². The smallest absolute Gasteiger partial charge is 0.164 e. The van der Waals surface area contributed by atoms with E-state index in [1.807, 2.05) is 24.6 Å². The Bertz CT molecular complexity index is 1040. The first-order valence-electron chi connectivity index (χ1n) is 12.8. The Morgan fingerprint density at radius 1 is 1.09 bits per heavy atom. The van der Waals surface area contributed by atoms with Gasteiger partial charge in [0.1, 0.15) is 35.8 Å². The molecule has 34 heavy (non-hydrogen) atoms. The van der Waals surface area contributed by atoms with E-state index in [1.54, 1.807) is 18.1 Å². The van der Waals surface area contributed by atoms with Crippen LogP contribution >= 0.6 is 11.8 Å². The highest BCUT2D eigenvalue weighted by atomic mass is 32.2. The van der Waals surface area contributed by atoms with Crippen LogP contribution in [0.4, 0.5) is 0 Å². The summed E-state index contributed by atoms with van der Waals surface area (Å²) in [5, 5.41) is 5.52. The summed E-state index contributed by atoms with van der Waals surface area (Å²) in [6.07, 6.45) is 8.28. The first kappa shape index (κ1) is 23.2. The molecule has 0 aromatic carbocycles. The zero-order chi connectivity index (χ0) is 23.5. The van der Waals surface area contributed by atoms with Gasteiger partial charge in [-0.05, 0) is 84.1 Å². The van der Waals surface area contributed by atoms with Crippen molar-refractivity contribution in [1.82, 2.24) is 24.4 Å². The highest BCUT2D eigenvalue weighted by molar-refractivity contribution is 7.98. The molecule has 0 N–H and O–H groups in total.